The second kappa shape index (κ2) is 9.28. The summed E-state index contributed by atoms with van der Waals surface area (Å²) in [5.74, 6) is -1.27. The molecule has 0 radical (unpaired) electrons. The molecule has 29 heavy (non-hydrogen) atoms. The SMILES string of the molecule is CCOC(=O)c1csc(NC(=O)CC[C@@H]2NC(=O)N(Cc3ccccc3)C2=O)n1. The standard InChI is InChI=1S/C19H20N4O5S/c1-2-28-17(26)14-11-29-18(20-14)22-15(24)9-8-13-16(25)23(19(27)21-13)10-12-6-4-3-5-7-12/h3-7,11,13H,2,8-10H2,1H3,(H,21,27)(H,20,22,24)/t13-/m0/s1. The number of thiazole rings is 1. The van der Waals surface area contributed by atoms with Gasteiger partial charge in [-0.3, -0.25) is 14.5 Å². The summed E-state index contributed by atoms with van der Waals surface area (Å²) < 4.78 is 4.85. The quantitative estimate of drug-likeness (QED) is 0.503. The van der Waals surface area contributed by atoms with Crippen LogP contribution in [0, 0.1) is 0 Å². The average molecular weight is 416 g/mol. The van der Waals surface area contributed by atoms with Crippen molar-refractivity contribution in [2.24, 2.45) is 0 Å². The molecule has 2 heterocycles. The van der Waals surface area contributed by atoms with Crippen molar-refractivity contribution in [3.63, 3.8) is 0 Å². The first kappa shape index (κ1) is 20.5. The van der Waals surface area contributed by atoms with E-state index in [1.807, 2.05) is 30.3 Å². The number of ether oxygens (including phenoxy) is 1. The van der Waals surface area contributed by atoms with E-state index in [-0.39, 0.29) is 48.6 Å². The topological polar surface area (TPSA) is 118 Å². The van der Waals surface area contributed by atoms with Crippen molar-refractivity contribution in [2.45, 2.75) is 32.4 Å². The summed E-state index contributed by atoms with van der Waals surface area (Å²) >= 11 is 1.10. The van der Waals surface area contributed by atoms with Crippen LogP contribution in [0.2, 0.25) is 0 Å². The van der Waals surface area contributed by atoms with Crippen molar-refractivity contribution in [2.75, 3.05) is 11.9 Å². The average Bonchev–Trinajstić information content (AvgIpc) is 3.27. The molecule has 0 spiro atoms. The second-order valence-corrected chi connectivity index (χ2v) is 7.12. The highest BCUT2D eigenvalue weighted by Crippen LogP contribution is 2.18. The highest BCUT2D eigenvalue weighted by molar-refractivity contribution is 7.14. The summed E-state index contributed by atoms with van der Waals surface area (Å²) in [5.41, 5.74) is 0.970. The van der Waals surface area contributed by atoms with Crippen molar-refractivity contribution in [1.82, 2.24) is 15.2 Å². The number of carbonyl (C=O) groups excluding carboxylic acids is 4. The van der Waals surface area contributed by atoms with E-state index in [0.29, 0.717) is 0 Å². The van der Waals surface area contributed by atoms with E-state index in [0.717, 1.165) is 21.8 Å². The van der Waals surface area contributed by atoms with Gasteiger partial charge in [-0.25, -0.2) is 14.6 Å². The number of esters is 1. The van der Waals surface area contributed by atoms with Crippen LogP contribution in [0.4, 0.5) is 9.93 Å². The summed E-state index contributed by atoms with van der Waals surface area (Å²) in [6.45, 7) is 2.11. The monoisotopic (exact) mass is 416 g/mol. The highest BCUT2D eigenvalue weighted by atomic mass is 32.1. The molecule has 0 bridgehead atoms. The fraction of sp³-hybridized carbons (Fsp3) is 0.316. The van der Waals surface area contributed by atoms with Gasteiger partial charge in [-0.2, -0.15) is 0 Å². The molecule has 152 valence electrons. The zero-order valence-corrected chi connectivity index (χ0v) is 16.5. The van der Waals surface area contributed by atoms with Gasteiger partial charge < -0.3 is 15.4 Å². The van der Waals surface area contributed by atoms with Crippen LogP contribution in [-0.4, -0.2) is 46.3 Å². The fourth-order valence-electron chi connectivity index (χ4n) is 2.78. The second-order valence-electron chi connectivity index (χ2n) is 6.26. The van der Waals surface area contributed by atoms with Gasteiger partial charge in [0.1, 0.15) is 6.04 Å². The van der Waals surface area contributed by atoms with Crippen molar-refractivity contribution in [3.05, 3.63) is 47.0 Å². The molecule has 1 fully saturated rings. The minimum absolute atomic E-state index is 0.0180. The van der Waals surface area contributed by atoms with E-state index in [2.05, 4.69) is 15.6 Å². The smallest absolute Gasteiger partial charge is 0.357 e. The van der Waals surface area contributed by atoms with Gasteiger partial charge in [0.25, 0.3) is 5.91 Å². The number of urea groups is 1. The van der Waals surface area contributed by atoms with E-state index < -0.39 is 18.0 Å². The first-order valence-corrected chi connectivity index (χ1v) is 9.94. The van der Waals surface area contributed by atoms with E-state index >= 15 is 0 Å². The van der Waals surface area contributed by atoms with Crippen molar-refractivity contribution in [1.29, 1.82) is 0 Å². The Morgan fingerprint density at radius 3 is 2.76 bits per heavy atom. The van der Waals surface area contributed by atoms with E-state index in [1.165, 1.54) is 5.38 Å². The van der Waals surface area contributed by atoms with Gasteiger partial charge in [-0.05, 0) is 18.9 Å². The highest BCUT2D eigenvalue weighted by Gasteiger charge is 2.37. The molecule has 2 aromatic rings. The lowest BCUT2D eigenvalue weighted by Crippen LogP contribution is -2.31. The minimum atomic E-state index is -0.747. The van der Waals surface area contributed by atoms with Crippen LogP contribution in [0.25, 0.3) is 0 Å². The third kappa shape index (κ3) is 5.17. The fourth-order valence-corrected chi connectivity index (χ4v) is 3.47. The molecule has 0 aliphatic carbocycles. The number of rotatable bonds is 8. The van der Waals surface area contributed by atoms with Gasteiger partial charge in [0.2, 0.25) is 5.91 Å². The molecule has 0 saturated carbocycles. The van der Waals surface area contributed by atoms with Crippen molar-refractivity contribution in [3.8, 4) is 0 Å². The first-order chi connectivity index (χ1) is 14.0. The maximum atomic E-state index is 12.5. The molecule has 1 aromatic carbocycles. The molecule has 2 N–H and O–H groups in total. The molecule has 3 rings (SSSR count). The van der Waals surface area contributed by atoms with Gasteiger partial charge in [0.05, 0.1) is 13.2 Å². The molecule has 9 nitrogen and oxygen atoms in total. The molecule has 1 atom stereocenters. The van der Waals surface area contributed by atoms with Crippen LogP contribution in [0.3, 0.4) is 0 Å². The largest absolute Gasteiger partial charge is 0.461 e. The number of aromatic nitrogens is 1. The number of anilines is 1. The number of hydrogen-bond acceptors (Lipinski definition) is 7. The first-order valence-electron chi connectivity index (χ1n) is 9.06. The number of amides is 4. The van der Waals surface area contributed by atoms with Crippen molar-refractivity contribution >= 4 is 40.3 Å². The Morgan fingerprint density at radius 2 is 2.03 bits per heavy atom. The van der Waals surface area contributed by atoms with Gasteiger partial charge in [-0.1, -0.05) is 30.3 Å². The third-order valence-electron chi connectivity index (χ3n) is 4.19. The number of nitrogens with zero attached hydrogens (tertiary/aromatic N) is 2. The summed E-state index contributed by atoms with van der Waals surface area (Å²) in [5, 5.41) is 6.96. The zero-order valence-electron chi connectivity index (χ0n) is 15.7. The Balaban J connectivity index is 1.49. The normalized spacial score (nSPS) is 15.9. The summed E-state index contributed by atoms with van der Waals surface area (Å²) in [6.07, 6.45) is 0.183. The lowest BCUT2D eigenvalue weighted by Gasteiger charge is -2.13. The summed E-state index contributed by atoms with van der Waals surface area (Å²) in [4.78, 5) is 53.5. The van der Waals surface area contributed by atoms with Gasteiger partial charge in [-0.15, -0.1) is 11.3 Å². The lowest BCUT2D eigenvalue weighted by atomic mass is 10.1. The predicted octanol–water partition coefficient (Wildman–Crippen LogP) is 2.16. The Bertz CT molecular complexity index is 914. The minimum Gasteiger partial charge on any atom is -0.461 e. The third-order valence-corrected chi connectivity index (χ3v) is 4.94. The van der Waals surface area contributed by atoms with Crippen LogP contribution in [-0.2, 0) is 20.9 Å². The molecule has 0 unspecified atom stereocenters. The van der Waals surface area contributed by atoms with E-state index in [9.17, 15) is 19.2 Å². The molecule has 1 saturated heterocycles. The summed E-state index contributed by atoms with van der Waals surface area (Å²) in [7, 11) is 0. The van der Waals surface area contributed by atoms with Crippen LogP contribution in [0.1, 0.15) is 35.8 Å². The Kier molecular flexibility index (Phi) is 6.55. The maximum absolute atomic E-state index is 12.5. The number of nitrogens with one attached hydrogen (secondary N) is 2. The van der Waals surface area contributed by atoms with Crippen LogP contribution in [0.15, 0.2) is 35.7 Å². The van der Waals surface area contributed by atoms with E-state index in [1.54, 1.807) is 6.92 Å². The van der Waals surface area contributed by atoms with Crippen LogP contribution < -0.4 is 10.6 Å². The molecular formula is C19H20N4O5S. The molecule has 1 aliphatic rings. The van der Waals surface area contributed by atoms with Gasteiger partial charge in [0, 0.05) is 11.8 Å². The van der Waals surface area contributed by atoms with Crippen molar-refractivity contribution < 1.29 is 23.9 Å². The predicted molar refractivity (Wildman–Crippen MR) is 105 cm³/mol. The molecule has 10 heteroatoms. The Labute approximate surface area is 171 Å². The molecular weight excluding hydrogens is 396 g/mol. The van der Waals surface area contributed by atoms with Crippen LogP contribution >= 0.6 is 11.3 Å². The summed E-state index contributed by atoms with van der Waals surface area (Å²) in [6, 6.07) is 7.98. The number of carbonyl (C=O) groups is 4. The molecule has 1 aromatic heterocycles. The maximum Gasteiger partial charge on any atom is 0.357 e. The lowest BCUT2D eigenvalue weighted by molar-refractivity contribution is -0.128. The molecule has 4 amide bonds. The number of hydrogen-bond donors (Lipinski definition) is 2. The van der Waals surface area contributed by atoms with E-state index in [4.69, 9.17) is 4.74 Å². The molecule has 1 aliphatic heterocycles. The zero-order chi connectivity index (χ0) is 20.8. The van der Waals surface area contributed by atoms with Gasteiger partial charge >= 0.3 is 12.0 Å². The van der Waals surface area contributed by atoms with Gasteiger partial charge in [0.15, 0.2) is 10.8 Å². The number of imide groups is 1. The number of benzene rings is 1. The Morgan fingerprint density at radius 1 is 1.28 bits per heavy atom. The van der Waals surface area contributed by atoms with Crippen LogP contribution in [0.5, 0.6) is 0 Å². The Hall–Kier alpha value is -3.27.